The molecule has 5 rings (SSSR count). The molecule has 4 aliphatic rings. The summed E-state index contributed by atoms with van der Waals surface area (Å²) in [5.41, 5.74) is -0.713. The number of carbonyl (C=O) groups is 11. The van der Waals surface area contributed by atoms with Crippen LogP contribution in [0.4, 0.5) is 13.2 Å². The Hall–Kier alpha value is -6.61. The molecule has 3 unspecified atom stereocenters. The zero-order valence-corrected chi connectivity index (χ0v) is 60.0. The van der Waals surface area contributed by atoms with Crippen LogP contribution in [0.5, 0.6) is 0 Å². The first-order valence-electron chi connectivity index (χ1n) is 34.2. The van der Waals surface area contributed by atoms with Gasteiger partial charge in [-0.3, -0.25) is 57.6 Å². The number of aryl methyl sites for hydroxylation is 1. The monoisotopic (exact) mass is 1380 g/mol. The molecule has 4 fully saturated rings. The van der Waals surface area contributed by atoms with E-state index in [2.05, 4.69) is 16.0 Å². The van der Waals surface area contributed by atoms with E-state index in [-0.39, 0.29) is 81.7 Å². The maximum Gasteiger partial charge on any atom is 0.417 e. The van der Waals surface area contributed by atoms with Crippen molar-refractivity contribution >= 4 is 76.6 Å². The van der Waals surface area contributed by atoms with Crippen LogP contribution in [0.1, 0.15) is 155 Å². The average molecular weight is 1380 g/mol. The molecule has 11 atom stereocenters. The van der Waals surface area contributed by atoms with Crippen molar-refractivity contribution in [2.75, 3.05) is 96.2 Å². The minimum Gasteiger partial charge on any atom is -0.354 e. The predicted molar refractivity (Wildman–Crippen MR) is 356 cm³/mol. The Labute approximate surface area is 570 Å². The molecular formula is C68H108ClF3N12O12. The van der Waals surface area contributed by atoms with E-state index in [0.29, 0.717) is 37.7 Å². The molecule has 3 aliphatic heterocycles. The molecule has 0 aromatic heterocycles. The Morgan fingerprint density at radius 2 is 1.31 bits per heavy atom. The molecule has 540 valence electrons. The number of epoxide rings is 1. The first kappa shape index (κ1) is 80.1. The fraction of sp³-hybridized carbons (Fsp3) is 0.750. The lowest BCUT2D eigenvalue weighted by Crippen LogP contribution is -2.58. The quantitative estimate of drug-likeness (QED) is 0.233. The largest absolute Gasteiger partial charge is 0.417 e. The van der Waals surface area contributed by atoms with E-state index in [4.69, 9.17) is 16.3 Å². The first-order chi connectivity index (χ1) is 45.0. The third-order valence-corrected chi connectivity index (χ3v) is 20.2. The fourth-order valence-electron chi connectivity index (χ4n) is 13.3. The van der Waals surface area contributed by atoms with Gasteiger partial charge < -0.3 is 59.9 Å². The lowest BCUT2D eigenvalue weighted by molar-refractivity contribution is -0.149. The normalized spacial score (nSPS) is 27.0. The summed E-state index contributed by atoms with van der Waals surface area (Å²) in [6.07, 6.45) is 1.03. The SMILES string of the molecule is CC[C@H](C)C1NC(=O)[C@H](CC(C)C)N(C)C(=O)C[C@@H](C(=O)N(C)C)N(C)C2OC2[C@H]([C@@H](C)CC)N(C)C(=O)CCCCNC(=O)[C@@H]2CCCN2C(=O)[C@H](CCc2ccc(C(F)(F)F)c(Cl)c2)NC(=O)CN(C)C(=O)[C@H](CC2CCCCC2)N(C)C(=O)CN(C)C(=O)CN(C)C1=O. The van der Waals surface area contributed by atoms with E-state index >= 15 is 0 Å². The Balaban J connectivity index is 1.49. The standard InChI is InChI=1S/C68H108ClF3N12O12/c1-16-42(5)58-66(95)79(11)39-56(88)77(9)40-57(89)81(13)51(36-44-24-19-18-20-25-44)65(94)78(10)38-53(85)74-48(31-29-45-28-30-46(47(69)35-45)68(70,71)72)63(92)84-33-23-26-49(84)61(90)73-32-22-21-27-54(86)83(15)59(43(6)17-2)60-67(96-60)82(14)52(64(93)76(7)8)37-55(87)80(12)50(34-41(3)4)62(91)75-58/h28,30,35,41-44,48-52,58-60,67H,16-27,29,31-34,36-40H2,1-15H3,(H,73,90)(H,74,85)(H,75,91)/t42-,43-,48-,49-,50-,51-,52-,58?,59-,60?,67?/m0/s1. The van der Waals surface area contributed by atoms with Crippen molar-refractivity contribution in [2.45, 2.75) is 211 Å². The van der Waals surface area contributed by atoms with E-state index < -0.39 is 156 Å². The van der Waals surface area contributed by atoms with Crippen LogP contribution in [0.15, 0.2) is 18.2 Å². The second kappa shape index (κ2) is 36.3. The molecule has 24 nitrogen and oxygen atoms in total. The van der Waals surface area contributed by atoms with E-state index in [0.717, 1.165) is 58.9 Å². The number of halogens is 4. The van der Waals surface area contributed by atoms with Gasteiger partial charge in [0.15, 0.2) is 0 Å². The van der Waals surface area contributed by atoms with Gasteiger partial charge in [0.05, 0.1) is 48.7 Å². The number of likely N-dealkylation sites (N-methyl/N-ethyl adjacent to an activating group) is 8. The highest BCUT2D eigenvalue weighted by Gasteiger charge is 2.54. The van der Waals surface area contributed by atoms with Crippen LogP contribution < -0.4 is 16.0 Å². The Morgan fingerprint density at radius 3 is 1.92 bits per heavy atom. The molecule has 0 radical (unpaired) electrons. The number of carbonyl (C=O) groups excluding carboxylic acids is 11. The number of rotatable bonds is 12. The highest BCUT2D eigenvalue weighted by molar-refractivity contribution is 6.31. The van der Waals surface area contributed by atoms with Crippen molar-refractivity contribution in [2.24, 2.45) is 23.7 Å². The van der Waals surface area contributed by atoms with Gasteiger partial charge in [0.25, 0.3) is 0 Å². The molecule has 3 N–H and O–H groups in total. The molecule has 11 amide bonds. The van der Waals surface area contributed by atoms with E-state index in [1.54, 1.807) is 44.9 Å². The van der Waals surface area contributed by atoms with Crippen molar-refractivity contribution in [1.82, 2.24) is 60.0 Å². The molecule has 96 heavy (non-hydrogen) atoms. The molecular weight excluding hydrogens is 1270 g/mol. The number of nitrogens with zero attached hydrogens (tertiary/aromatic N) is 9. The van der Waals surface area contributed by atoms with Crippen LogP contribution in [0.3, 0.4) is 0 Å². The summed E-state index contributed by atoms with van der Waals surface area (Å²) in [6.45, 7) is 10.1. The predicted octanol–water partition coefficient (Wildman–Crippen LogP) is 5.02. The van der Waals surface area contributed by atoms with Gasteiger partial charge in [0.2, 0.25) is 65.0 Å². The number of ether oxygens (including phenoxy) is 1. The van der Waals surface area contributed by atoms with Gasteiger partial charge in [-0.1, -0.05) is 104 Å². The number of nitrogens with one attached hydrogen (secondary N) is 3. The van der Waals surface area contributed by atoms with Crippen LogP contribution in [-0.2, 0) is 70.1 Å². The number of fused-ring (bicyclic) bond motifs is 2. The lowest BCUT2D eigenvalue weighted by Gasteiger charge is -2.35. The fourth-order valence-corrected chi connectivity index (χ4v) is 13.6. The zero-order valence-electron chi connectivity index (χ0n) is 59.2. The molecule has 0 spiro atoms. The molecule has 1 saturated carbocycles. The summed E-state index contributed by atoms with van der Waals surface area (Å²) < 4.78 is 47.5. The number of hydrogen-bond acceptors (Lipinski definition) is 13. The summed E-state index contributed by atoms with van der Waals surface area (Å²) in [7, 11) is 13.6. The maximum absolute atomic E-state index is 14.7. The molecule has 3 saturated heterocycles. The molecule has 28 heteroatoms. The smallest absolute Gasteiger partial charge is 0.354 e. The average Bonchev–Trinajstić information content (AvgIpc) is 1.60. The summed E-state index contributed by atoms with van der Waals surface area (Å²) in [5.74, 6) is -6.68. The summed E-state index contributed by atoms with van der Waals surface area (Å²) in [4.78, 5) is 170. The third kappa shape index (κ3) is 21.7. The maximum atomic E-state index is 14.7. The molecule has 3 heterocycles. The second-order valence-corrected chi connectivity index (χ2v) is 28.2. The molecule has 1 aliphatic carbocycles. The molecule has 1 aromatic carbocycles. The second-order valence-electron chi connectivity index (χ2n) is 27.8. The van der Waals surface area contributed by atoms with Gasteiger partial charge in [0.1, 0.15) is 42.5 Å². The summed E-state index contributed by atoms with van der Waals surface area (Å²) in [5, 5.41) is 8.01. The van der Waals surface area contributed by atoms with Gasteiger partial charge in [-0.2, -0.15) is 13.2 Å². The number of alkyl halides is 3. The Kier molecular flexibility index (Phi) is 30.3. The number of amides is 11. The van der Waals surface area contributed by atoms with Crippen LogP contribution in [-0.4, -0.2) is 260 Å². The number of hydrogen-bond donors (Lipinski definition) is 3. The van der Waals surface area contributed by atoms with Gasteiger partial charge in [-0.05, 0) is 99.8 Å². The minimum atomic E-state index is -4.73. The third-order valence-electron chi connectivity index (χ3n) is 19.9. The van der Waals surface area contributed by atoms with E-state index in [1.165, 1.54) is 60.9 Å². The lowest BCUT2D eigenvalue weighted by atomic mass is 9.84. The van der Waals surface area contributed by atoms with E-state index in [1.807, 2.05) is 34.6 Å². The van der Waals surface area contributed by atoms with Crippen LogP contribution >= 0.6 is 11.6 Å². The topological polar surface area (TPSA) is 266 Å². The summed E-state index contributed by atoms with van der Waals surface area (Å²) in [6, 6.07) is -3.95. The van der Waals surface area contributed by atoms with Crippen molar-refractivity contribution in [3.63, 3.8) is 0 Å². The highest BCUT2D eigenvalue weighted by atomic mass is 35.5. The molecule has 0 bridgehead atoms. The van der Waals surface area contributed by atoms with Crippen LogP contribution in [0.2, 0.25) is 5.02 Å². The highest BCUT2D eigenvalue weighted by Crippen LogP contribution is 2.38. The van der Waals surface area contributed by atoms with Crippen molar-refractivity contribution in [3.05, 3.63) is 34.3 Å². The first-order valence-corrected chi connectivity index (χ1v) is 34.5. The van der Waals surface area contributed by atoms with Gasteiger partial charge in [-0.15, -0.1) is 0 Å². The van der Waals surface area contributed by atoms with Crippen LogP contribution in [0.25, 0.3) is 0 Å². The van der Waals surface area contributed by atoms with Crippen molar-refractivity contribution in [3.8, 4) is 0 Å². The minimum absolute atomic E-state index is 0.0284. The van der Waals surface area contributed by atoms with Gasteiger partial charge >= 0.3 is 6.18 Å². The van der Waals surface area contributed by atoms with Crippen molar-refractivity contribution in [1.29, 1.82) is 0 Å². The zero-order chi connectivity index (χ0) is 71.8. The van der Waals surface area contributed by atoms with Crippen LogP contribution in [0, 0.1) is 23.7 Å². The van der Waals surface area contributed by atoms with Crippen molar-refractivity contribution < 1.29 is 70.6 Å². The van der Waals surface area contributed by atoms with E-state index in [9.17, 15) is 65.9 Å². The Morgan fingerprint density at radius 1 is 0.688 bits per heavy atom. The molecule has 1 aromatic rings. The summed E-state index contributed by atoms with van der Waals surface area (Å²) >= 11 is 6.10. The number of benzene rings is 1. The van der Waals surface area contributed by atoms with Gasteiger partial charge in [-0.25, -0.2) is 0 Å². The Bertz CT molecular complexity index is 2900. The van der Waals surface area contributed by atoms with Gasteiger partial charge in [0, 0.05) is 75.9 Å².